The predicted molar refractivity (Wildman–Crippen MR) is 74.4 cm³/mol. The molecule has 2 rings (SSSR count). The number of hydrazine groups is 1. The summed E-state index contributed by atoms with van der Waals surface area (Å²) >= 11 is 0. The van der Waals surface area contributed by atoms with Crippen molar-refractivity contribution in [3.63, 3.8) is 0 Å². The van der Waals surface area contributed by atoms with E-state index < -0.39 is 0 Å². The van der Waals surface area contributed by atoms with Crippen LogP contribution in [0.4, 0.5) is 0 Å². The van der Waals surface area contributed by atoms with E-state index >= 15 is 0 Å². The lowest BCUT2D eigenvalue weighted by Gasteiger charge is -2.15. The molecule has 4 heteroatoms. The summed E-state index contributed by atoms with van der Waals surface area (Å²) in [5, 5.41) is 0. The second-order valence-electron chi connectivity index (χ2n) is 5.09. The van der Waals surface area contributed by atoms with E-state index in [1.807, 2.05) is 12.1 Å². The number of ether oxygens (including phenoxy) is 1. The Bertz CT molecular complexity index is 395. The van der Waals surface area contributed by atoms with Gasteiger partial charge in [-0.1, -0.05) is 37.8 Å². The summed E-state index contributed by atoms with van der Waals surface area (Å²) in [6, 6.07) is 7.38. The quantitative estimate of drug-likeness (QED) is 0.379. The minimum Gasteiger partial charge on any atom is -0.374 e. The van der Waals surface area contributed by atoms with Crippen LogP contribution in [0.15, 0.2) is 24.3 Å². The number of rotatable bonds is 4. The fourth-order valence-corrected chi connectivity index (χ4v) is 2.46. The molecule has 0 spiro atoms. The van der Waals surface area contributed by atoms with E-state index in [0.717, 1.165) is 5.56 Å². The summed E-state index contributed by atoms with van der Waals surface area (Å²) in [6.45, 7) is 0.620. The highest BCUT2D eigenvalue weighted by Crippen LogP contribution is 2.20. The molecule has 0 saturated heterocycles. The maximum absolute atomic E-state index is 11.3. The fraction of sp³-hybridized carbons (Fsp3) is 0.533. The van der Waals surface area contributed by atoms with E-state index in [-0.39, 0.29) is 5.91 Å². The molecular formula is C15H22N2O2. The Labute approximate surface area is 114 Å². The summed E-state index contributed by atoms with van der Waals surface area (Å²) in [7, 11) is 0. The fourth-order valence-electron chi connectivity index (χ4n) is 2.46. The summed E-state index contributed by atoms with van der Waals surface area (Å²) < 4.78 is 5.95. The van der Waals surface area contributed by atoms with Gasteiger partial charge in [-0.25, -0.2) is 5.84 Å². The minimum absolute atomic E-state index is 0.267. The number of nitrogen functional groups attached to an aromatic ring is 1. The number of hydrogen-bond acceptors (Lipinski definition) is 3. The van der Waals surface area contributed by atoms with Gasteiger partial charge in [0.05, 0.1) is 12.7 Å². The largest absolute Gasteiger partial charge is 0.374 e. The molecule has 1 aliphatic carbocycles. The maximum atomic E-state index is 11.3. The maximum Gasteiger partial charge on any atom is 0.265 e. The van der Waals surface area contributed by atoms with Crippen molar-refractivity contribution in [2.75, 3.05) is 0 Å². The number of amides is 1. The molecule has 4 nitrogen and oxygen atoms in total. The van der Waals surface area contributed by atoms with Gasteiger partial charge in [0, 0.05) is 5.56 Å². The van der Waals surface area contributed by atoms with Crippen molar-refractivity contribution in [3.05, 3.63) is 35.4 Å². The van der Waals surface area contributed by atoms with E-state index in [0.29, 0.717) is 18.3 Å². The van der Waals surface area contributed by atoms with Crippen molar-refractivity contribution in [1.29, 1.82) is 0 Å². The van der Waals surface area contributed by atoms with Crippen LogP contribution in [0.3, 0.4) is 0 Å². The third-order valence-electron chi connectivity index (χ3n) is 3.64. The van der Waals surface area contributed by atoms with E-state index in [1.54, 1.807) is 12.1 Å². The Hall–Kier alpha value is -1.39. The van der Waals surface area contributed by atoms with Crippen molar-refractivity contribution < 1.29 is 9.53 Å². The van der Waals surface area contributed by atoms with Gasteiger partial charge >= 0.3 is 0 Å². The van der Waals surface area contributed by atoms with Crippen LogP contribution in [0, 0.1) is 0 Å². The van der Waals surface area contributed by atoms with Crippen LogP contribution in [-0.2, 0) is 11.3 Å². The molecule has 19 heavy (non-hydrogen) atoms. The van der Waals surface area contributed by atoms with Crippen LogP contribution < -0.4 is 11.3 Å². The van der Waals surface area contributed by atoms with Crippen molar-refractivity contribution in [1.82, 2.24) is 5.43 Å². The van der Waals surface area contributed by atoms with Gasteiger partial charge in [0.1, 0.15) is 0 Å². The van der Waals surface area contributed by atoms with Crippen LogP contribution >= 0.6 is 0 Å². The molecular weight excluding hydrogens is 240 g/mol. The highest BCUT2D eigenvalue weighted by Gasteiger charge is 2.12. The van der Waals surface area contributed by atoms with E-state index in [9.17, 15) is 4.79 Å². The van der Waals surface area contributed by atoms with E-state index in [4.69, 9.17) is 10.6 Å². The summed E-state index contributed by atoms with van der Waals surface area (Å²) in [5.41, 5.74) is 3.79. The summed E-state index contributed by atoms with van der Waals surface area (Å²) in [4.78, 5) is 11.3. The number of hydrogen-bond donors (Lipinski definition) is 2. The average Bonchev–Trinajstić information content (AvgIpc) is 2.73. The zero-order valence-electron chi connectivity index (χ0n) is 11.2. The lowest BCUT2D eigenvalue weighted by molar-refractivity contribution is 0.0310. The third kappa shape index (κ3) is 4.33. The van der Waals surface area contributed by atoms with Crippen LogP contribution in [0.2, 0.25) is 0 Å². The second-order valence-corrected chi connectivity index (χ2v) is 5.09. The molecule has 0 aliphatic heterocycles. The smallest absolute Gasteiger partial charge is 0.265 e. The van der Waals surface area contributed by atoms with Crippen molar-refractivity contribution >= 4 is 5.91 Å². The Kier molecular flexibility index (Phi) is 5.36. The first kappa shape index (κ1) is 14.0. The molecule has 0 atom stereocenters. The molecule has 1 fully saturated rings. The van der Waals surface area contributed by atoms with Crippen molar-refractivity contribution in [2.45, 2.75) is 51.2 Å². The molecule has 1 amide bonds. The lowest BCUT2D eigenvalue weighted by atomic mass is 10.1. The zero-order chi connectivity index (χ0) is 13.5. The normalized spacial score (nSPS) is 16.9. The molecule has 3 N–H and O–H groups in total. The lowest BCUT2D eigenvalue weighted by Crippen LogP contribution is -2.29. The van der Waals surface area contributed by atoms with Gasteiger partial charge in [-0.2, -0.15) is 0 Å². The SMILES string of the molecule is NNC(=O)c1ccc(COC2CCCCCC2)cc1. The van der Waals surface area contributed by atoms with Gasteiger partial charge < -0.3 is 4.74 Å². The van der Waals surface area contributed by atoms with Crippen molar-refractivity contribution in [2.24, 2.45) is 5.84 Å². The van der Waals surface area contributed by atoms with Crippen molar-refractivity contribution in [3.8, 4) is 0 Å². The van der Waals surface area contributed by atoms with E-state index in [1.165, 1.54) is 38.5 Å². The van der Waals surface area contributed by atoms with Crippen LogP contribution in [0.1, 0.15) is 54.4 Å². The molecule has 0 unspecified atom stereocenters. The van der Waals surface area contributed by atoms with Gasteiger partial charge in [0.2, 0.25) is 0 Å². The Morgan fingerprint density at radius 2 is 1.79 bits per heavy atom. The monoisotopic (exact) mass is 262 g/mol. The number of benzene rings is 1. The van der Waals surface area contributed by atoms with Gasteiger partial charge in [0.15, 0.2) is 0 Å². The molecule has 0 bridgehead atoms. The first-order chi connectivity index (χ1) is 9.29. The van der Waals surface area contributed by atoms with Gasteiger partial charge in [-0.15, -0.1) is 0 Å². The van der Waals surface area contributed by atoms with Gasteiger partial charge in [0.25, 0.3) is 5.91 Å². The van der Waals surface area contributed by atoms with Gasteiger partial charge in [-0.3, -0.25) is 10.2 Å². The van der Waals surface area contributed by atoms with E-state index in [2.05, 4.69) is 5.43 Å². The third-order valence-corrected chi connectivity index (χ3v) is 3.64. The molecule has 1 saturated carbocycles. The average molecular weight is 262 g/mol. The Balaban J connectivity index is 1.83. The molecule has 0 heterocycles. The second kappa shape index (κ2) is 7.26. The van der Waals surface area contributed by atoms with Crippen LogP contribution in [0.25, 0.3) is 0 Å². The number of nitrogens with one attached hydrogen (secondary N) is 1. The first-order valence-electron chi connectivity index (χ1n) is 7.01. The Morgan fingerprint density at radius 1 is 1.16 bits per heavy atom. The number of carbonyl (C=O) groups is 1. The molecule has 1 aromatic rings. The molecule has 0 radical (unpaired) electrons. The zero-order valence-corrected chi connectivity index (χ0v) is 11.2. The summed E-state index contributed by atoms with van der Waals surface area (Å²) in [5.74, 6) is 4.82. The summed E-state index contributed by atoms with van der Waals surface area (Å²) in [6.07, 6.45) is 7.97. The molecule has 1 aliphatic rings. The first-order valence-corrected chi connectivity index (χ1v) is 7.01. The predicted octanol–water partition coefficient (Wildman–Crippen LogP) is 2.53. The molecule has 1 aromatic carbocycles. The molecule has 0 aromatic heterocycles. The number of carbonyl (C=O) groups excluding carboxylic acids is 1. The van der Waals surface area contributed by atoms with Gasteiger partial charge in [-0.05, 0) is 30.5 Å². The van der Waals surface area contributed by atoms with Crippen LogP contribution in [-0.4, -0.2) is 12.0 Å². The van der Waals surface area contributed by atoms with Crippen LogP contribution in [0.5, 0.6) is 0 Å². The topological polar surface area (TPSA) is 64.3 Å². The minimum atomic E-state index is -0.267. The highest BCUT2D eigenvalue weighted by atomic mass is 16.5. The number of nitrogens with two attached hydrogens (primary N) is 1. The molecule has 104 valence electrons. The highest BCUT2D eigenvalue weighted by molar-refractivity contribution is 5.93. The Morgan fingerprint density at radius 3 is 2.37 bits per heavy atom. The standard InChI is InChI=1S/C15H22N2O2/c16-17-15(18)13-9-7-12(8-10-13)11-19-14-5-3-1-2-4-6-14/h7-10,14H,1-6,11,16H2,(H,17,18).